The number of rotatable bonds is 1. The van der Waals surface area contributed by atoms with Crippen molar-refractivity contribution in [2.45, 2.75) is 11.3 Å². The Kier molecular flexibility index (Phi) is 3.49. The molecule has 0 amide bonds. The average Bonchev–Trinajstić information content (AvgIpc) is 3.30. The second-order valence-electron chi connectivity index (χ2n) is 8.63. The van der Waals surface area contributed by atoms with Crippen LogP contribution in [0.2, 0.25) is 0 Å². The third-order valence-corrected chi connectivity index (χ3v) is 7.81. The Bertz CT molecular complexity index is 1360. The first kappa shape index (κ1) is 17.5. The van der Waals surface area contributed by atoms with Crippen LogP contribution in [0.1, 0.15) is 28.2 Å². The lowest BCUT2D eigenvalue weighted by Gasteiger charge is -2.44. The van der Waals surface area contributed by atoms with E-state index in [-0.39, 0.29) is 11.3 Å². The molecule has 0 radical (unpaired) electrons. The molecule has 4 aromatic rings. The molecule has 31 heavy (non-hydrogen) atoms. The lowest BCUT2D eigenvalue weighted by Crippen LogP contribution is -2.36. The van der Waals surface area contributed by atoms with Crippen LogP contribution < -0.4 is 0 Å². The van der Waals surface area contributed by atoms with Crippen molar-refractivity contribution in [2.75, 3.05) is 0 Å². The first-order chi connectivity index (χ1) is 15.3. The lowest BCUT2D eigenvalue weighted by atomic mass is 9.58. The van der Waals surface area contributed by atoms with Crippen molar-refractivity contribution in [1.29, 1.82) is 0 Å². The molecule has 0 heterocycles. The SMILES string of the molecule is Br/C=C1\C(C2c3ccccc3-c3ccccc32)=CC12c1ccccc1-c1ccccc12. The summed E-state index contributed by atoms with van der Waals surface area (Å²) < 4.78 is 0. The Morgan fingerprint density at radius 2 is 1.03 bits per heavy atom. The third-order valence-electron chi connectivity index (χ3n) is 7.36. The predicted octanol–water partition coefficient (Wildman–Crippen LogP) is 7.98. The van der Waals surface area contributed by atoms with Crippen molar-refractivity contribution < 1.29 is 0 Å². The molecule has 146 valence electrons. The van der Waals surface area contributed by atoms with Crippen LogP contribution in [0.25, 0.3) is 22.3 Å². The van der Waals surface area contributed by atoms with Crippen molar-refractivity contribution in [3.63, 3.8) is 0 Å². The summed E-state index contributed by atoms with van der Waals surface area (Å²) in [6, 6.07) is 35.6. The Labute approximate surface area is 190 Å². The van der Waals surface area contributed by atoms with Crippen LogP contribution in [-0.4, -0.2) is 0 Å². The zero-order valence-electron chi connectivity index (χ0n) is 16.8. The molecule has 1 heteroatoms. The highest BCUT2D eigenvalue weighted by Crippen LogP contribution is 2.64. The van der Waals surface area contributed by atoms with Crippen molar-refractivity contribution in [1.82, 2.24) is 0 Å². The molecule has 3 aliphatic rings. The van der Waals surface area contributed by atoms with Gasteiger partial charge in [-0.15, -0.1) is 0 Å². The minimum atomic E-state index is -0.168. The van der Waals surface area contributed by atoms with Gasteiger partial charge < -0.3 is 0 Å². The molecule has 3 aliphatic carbocycles. The molecular formula is C30H19Br. The first-order valence-corrected chi connectivity index (χ1v) is 11.7. The molecule has 0 N–H and O–H groups in total. The maximum Gasteiger partial charge on any atom is 0.0658 e. The molecule has 0 saturated heterocycles. The van der Waals surface area contributed by atoms with Gasteiger partial charge in [-0.25, -0.2) is 0 Å². The molecule has 0 fully saturated rings. The standard InChI is InChI=1S/C30H19Br/c31-18-28-25(29-23-13-3-1-9-19(23)20-10-2-4-14-24(20)29)17-30(28)26-15-7-5-11-21(26)22-12-6-8-16-27(22)30/h1-18,29H/b28-18+. The van der Waals surface area contributed by atoms with E-state index in [1.807, 2.05) is 0 Å². The number of hydrogen-bond acceptors (Lipinski definition) is 0. The van der Waals surface area contributed by atoms with E-state index in [0.29, 0.717) is 0 Å². The fourth-order valence-electron chi connectivity index (χ4n) is 6.13. The van der Waals surface area contributed by atoms with Gasteiger partial charge in [0.2, 0.25) is 0 Å². The molecule has 7 rings (SSSR count). The minimum Gasteiger partial charge on any atom is -0.0619 e. The highest BCUT2D eigenvalue weighted by atomic mass is 79.9. The summed E-state index contributed by atoms with van der Waals surface area (Å²) in [7, 11) is 0. The summed E-state index contributed by atoms with van der Waals surface area (Å²) in [6.07, 6.45) is 2.54. The second kappa shape index (κ2) is 6.18. The zero-order chi connectivity index (χ0) is 20.6. The number of benzene rings is 4. The summed E-state index contributed by atoms with van der Waals surface area (Å²) in [5.74, 6) is 0.279. The van der Waals surface area contributed by atoms with Gasteiger partial charge in [0.15, 0.2) is 0 Å². The summed E-state index contributed by atoms with van der Waals surface area (Å²) in [4.78, 5) is 2.17. The van der Waals surface area contributed by atoms with Crippen LogP contribution in [0.3, 0.4) is 0 Å². The van der Waals surface area contributed by atoms with Crippen molar-refractivity contribution in [3.05, 3.63) is 142 Å². The van der Waals surface area contributed by atoms with Gasteiger partial charge in [0.05, 0.1) is 5.41 Å². The quantitative estimate of drug-likeness (QED) is 0.271. The number of hydrogen-bond donors (Lipinski definition) is 0. The molecule has 1 spiro atoms. The van der Waals surface area contributed by atoms with Crippen LogP contribution >= 0.6 is 15.9 Å². The van der Waals surface area contributed by atoms with E-state index in [4.69, 9.17) is 0 Å². The average molecular weight is 459 g/mol. The number of halogens is 1. The highest BCUT2D eigenvalue weighted by Gasteiger charge is 2.53. The fraction of sp³-hybridized carbons (Fsp3) is 0.0667. The molecule has 0 aromatic heterocycles. The molecular weight excluding hydrogens is 440 g/mol. The zero-order valence-corrected chi connectivity index (χ0v) is 18.4. The van der Waals surface area contributed by atoms with Crippen molar-refractivity contribution in [2.24, 2.45) is 0 Å². The summed E-state index contributed by atoms with van der Waals surface area (Å²) in [5, 5.41) is 0. The molecule has 0 unspecified atom stereocenters. The molecule has 0 bridgehead atoms. The number of fused-ring (bicyclic) bond motifs is 8. The molecule has 0 saturated carbocycles. The van der Waals surface area contributed by atoms with E-state index < -0.39 is 0 Å². The molecule has 0 nitrogen and oxygen atoms in total. The third kappa shape index (κ3) is 2.05. The normalized spacial score (nSPS) is 18.2. The lowest BCUT2D eigenvalue weighted by molar-refractivity contribution is 0.693. The second-order valence-corrected chi connectivity index (χ2v) is 9.09. The maximum absolute atomic E-state index is 3.78. The van der Waals surface area contributed by atoms with Crippen molar-refractivity contribution in [3.8, 4) is 22.3 Å². The van der Waals surface area contributed by atoms with Crippen LogP contribution in [0, 0.1) is 0 Å². The van der Waals surface area contributed by atoms with E-state index in [9.17, 15) is 0 Å². The first-order valence-electron chi connectivity index (χ1n) is 10.8. The Morgan fingerprint density at radius 3 is 1.55 bits per heavy atom. The van der Waals surface area contributed by atoms with E-state index in [1.54, 1.807) is 0 Å². The Balaban J connectivity index is 1.50. The molecule has 0 aliphatic heterocycles. The van der Waals surface area contributed by atoms with Crippen molar-refractivity contribution >= 4 is 15.9 Å². The topological polar surface area (TPSA) is 0 Å². The Hall–Kier alpha value is -3.16. The largest absolute Gasteiger partial charge is 0.0658 e. The van der Waals surface area contributed by atoms with E-state index in [0.717, 1.165) is 0 Å². The molecule has 4 aromatic carbocycles. The summed E-state index contributed by atoms with van der Waals surface area (Å²) in [6.45, 7) is 0. The Morgan fingerprint density at radius 1 is 0.581 bits per heavy atom. The van der Waals surface area contributed by atoms with Gasteiger partial charge in [0, 0.05) is 5.92 Å². The van der Waals surface area contributed by atoms with Gasteiger partial charge in [0.1, 0.15) is 0 Å². The van der Waals surface area contributed by atoms with Gasteiger partial charge in [-0.3, -0.25) is 0 Å². The van der Waals surface area contributed by atoms with Crippen LogP contribution in [-0.2, 0) is 5.41 Å². The highest BCUT2D eigenvalue weighted by molar-refractivity contribution is 9.11. The smallest absolute Gasteiger partial charge is 0.0619 e. The van der Waals surface area contributed by atoms with E-state index in [2.05, 4.69) is 124 Å². The van der Waals surface area contributed by atoms with E-state index in [1.165, 1.54) is 55.7 Å². The monoisotopic (exact) mass is 458 g/mol. The number of allylic oxidation sites excluding steroid dienone is 3. The maximum atomic E-state index is 3.78. The van der Waals surface area contributed by atoms with Crippen LogP contribution in [0.15, 0.2) is 119 Å². The van der Waals surface area contributed by atoms with Gasteiger partial charge in [-0.1, -0.05) is 119 Å². The van der Waals surface area contributed by atoms with Gasteiger partial charge in [0.25, 0.3) is 0 Å². The van der Waals surface area contributed by atoms with Gasteiger partial charge in [-0.2, -0.15) is 0 Å². The van der Waals surface area contributed by atoms with Crippen LogP contribution in [0.5, 0.6) is 0 Å². The minimum absolute atomic E-state index is 0.168. The van der Waals surface area contributed by atoms with Gasteiger partial charge in [-0.05, 0) is 60.6 Å². The van der Waals surface area contributed by atoms with E-state index >= 15 is 0 Å². The summed E-state index contributed by atoms with van der Waals surface area (Å²) >= 11 is 3.78. The molecule has 0 atom stereocenters. The van der Waals surface area contributed by atoms with Gasteiger partial charge >= 0.3 is 0 Å². The fourth-order valence-corrected chi connectivity index (χ4v) is 6.76. The predicted molar refractivity (Wildman–Crippen MR) is 131 cm³/mol. The summed E-state index contributed by atoms with van der Waals surface area (Å²) in [5.41, 5.74) is 13.7. The van der Waals surface area contributed by atoms with Crippen LogP contribution in [0.4, 0.5) is 0 Å².